The van der Waals surface area contributed by atoms with Crippen molar-refractivity contribution in [3.05, 3.63) is 54.9 Å². The third-order valence-electron chi connectivity index (χ3n) is 5.01. The fourth-order valence-electron chi connectivity index (χ4n) is 3.64. The van der Waals surface area contributed by atoms with Crippen LogP contribution in [0.25, 0.3) is 5.69 Å². The molecule has 1 amide bonds. The number of anilines is 1. The van der Waals surface area contributed by atoms with Gasteiger partial charge in [0.05, 0.1) is 11.4 Å². The standard InChI is InChI=1S/C21H20N4O3S/c26-19(13-29-20-22-14-25(24-20)16-6-2-1-3-7-16)23-15-8-9-17-18(12-15)28-21(27-17)10-4-5-11-21/h1-3,6-9,12,14H,4-5,10-11,13H2,(H,23,26). The van der Waals surface area contributed by atoms with E-state index in [1.165, 1.54) is 11.8 Å². The minimum Gasteiger partial charge on any atom is -0.448 e. The van der Waals surface area contributed by atoms with Gasteiger partial charge in [-0.15, -0.1) is 5.10 Å². The summed E-state index contributed by atoms with van der Waals surface area (Å²) >= 11 is 1.29. The second kappa shape index (κ2) is 7.44. The van der Waals surface area contributed by atoms with E-state index in [-0.39, 0.29) is 11.7 Å². The average Bonchev–Trinajstić information content (AvgIpc) is 3.47. The van der Waals surface area contributed by atoms with Crippen molar-refractivity contribution in [1.29, 1.82) is 0 Å². The fraction of sp³-hybridized carbons (Fsp3) is 0.286. The van der Waals surface area contributed by atoms with Crippen LogP contribution in [0.1, 0.15) is 25.7 Å². The number of ether oxygens (including phenoxy) is 2. The number of fused-ring (bicyclic) bond motifs is 1. The Labute approximate surface area is 172 Å². The van der Waals surface area contributed by atoms with Gasteiger partial charge in [-0.05, 0) is 37.1 Å². The smallest absolute Gasteiger partial charge is 0.251 e. The van der Waals surface area contributed by atoms with Crippen LogP contribution in [0, 0.1) is 0 Å². The highest BCUT2D eigenvalue weighted by molar-refractivity contribution is 7.99. The molecule has 2 aromatic carbocycles. The van der Waals surface area contributed by atoms with E-state index in [0.29, 0.717) is 16.6 Å². The van der Waals surface area contributed by atoms with Gasteiger partial charge in [0.25, 0.3) is 5.79 Å². The second-order valence-electron chi connectivity index (χ2n) is 7.13. The zero-order valence-corrected chi connectivity index (χ0v) is 16.5. The molecular formula is C21H20N4O3S. The van der Waals surface area contributed by atoms with Gasteiger partial charge in [-0.3, -0.25) is 4.79 Å². The van der Waals surface area contributed by atoms with Crippen molar-refractivity contribution >= 4 is 23.4 Å². The van der Waals surface area contributed by atoms with E-state index in [1.807, 2.05) is 48.5 Å². The molecule has 2 aliphatic rings. The van der Waals surface area contributed by atoms with Gasteiger partial charge in [0, 0.05) is 24.6 Å². The van der Waals surface area contributed by atoms with Crippen LogP contribution >= 0.6 is 11.8 Å². The summed E-state index contributed by atoms with van der Waals surface area (Å²) in [5.74, 6) is 1.04. The van der Waals surface area contributed by atoms with Gasteiger partial charge in [0.1, 0.15) is 6.33 Å². The molecule has 1 aliphatic heterocycles. The van der Waals surface area contributed by atoms with Crippen LogP contribution in [-0.4, -0.2) is 32.2 Å². The Morgan fingerprint density at radius 2 is 1.90 bits per heavy atom. The summed E-state index contributed by atoms with van der Waals surface area (Å²) < 4.78 is 13.7. The lowest BCUT2D eigenvalue weighted by Gasteiger charge is -2.21. The van der Waals surface area contributed by atoms with Gasteiger partial charge in [-0.2, -0.15) is 0 Å². The maximum atomic E-state index is 12.3. The zero-order chi connectivity index (χ0) is 19.7. The Hall–Kier alpha value is -3.00. The highest BCUT2D eigenvalue weighted by Gasteiger charge is 2.44. The molecule has 2 heterocycles. The van der Waals surface area contributed by atoms with Crippen LogP contribution in [0.2, 0.25) is 0 Å². The molecule has 1 aromatic heterocycles. The van der Waals surface area contributed by atoms with E-state index >= 15 is 0 Å². The lowest BCUT2D eigenvalue weighted by molar-refractivity contribution is -0.113. The van der Waals surface area contributed by atoms with Crippen LogP contribution < -0.4 is 14.8 Å². The molecule has 0 radical (unpaired) electrons. The van der Waals surface area contributed by atoms with E-state index in [9.17, 15) is 4.79 Å². The summed E-state index contributed by atoms with van der Waals surface area (Å²) in [6, 6.07) is 15.2. The maximum absolute atomic E-state index is 12.3. The van der Waals surface area contributed by atoms with Crippen molar-refractivity contribution < 1.29 is 14.3 Å². The largest absolute Gasteiger partial charge is 0.448 e. The summed E-state index contributed by atoms with van der Waals surface area (Å²) in [5, 5.41) is 7.85. The first kappa shape index (κ1) is 18.1. The molecule has 29 heavy (non-hydrogen) atoms. The fourth-order valence-corrected chi connectivity index (χ4v) is 4.24. The predicted octanol–water partition coefficient (Wildman–Crippen LogP) is 4.04. The maximum Gasteiger partial charge on any atom is 0.251 e. The van der Waals surface area contributed by atoms with Crippen molar-refractivity contribution in [3.63, 3.8) is 0 Å². The van der Waals surface area contributed by atoms with Crippen molar-refractivity contribution in [2.24, 2.45) is 0 Å². The second-order valence-corrected chi connectivity index (χ2v) is 8.07. The average molecular weight is 408 g/mol. The highest BCUT2D eigenvalue weighted by atomic mass is 32.2. The number of hydrogen-bond donors (Lipinski definition) is 1. The number of nitrogens with zero attached hydrogens (tertiary/aromatic N) is 3. The predicted molar refractivity (Wildman–Crippen MR) is 110 cm³/mol. The van der Waals surface area contributed by atoms with E-state index in [4.69, 9.17) is 9.47 Å². The number of amides is 1. The molecule has 1 aliphatic carbocycles. The third kappa shape index (κ3) is 3.80. The van der Waals surface area contributed by atoms with Gasteiger partial charge < -0.3 is 14.8 Å². The molecule has 148 valence electrons. The Bertz CT molecular complexity index is 1030. The number of rotatable bonds is 5. The minimum atomic E-state index is -0.496. The molecule has 0 atom stereocenters. The first-order chi connectivity index (χ1) is 14.2. The molecule has 1 N–H and O–H groups in total. The molecule has 1 spiro atoms. The number of thioether (sulfide) groups is 1. The Morgan fingerprint density at radius 1 is 1.10 bits per heavy atom. The van der Waals surface area contributed by atoms with Crippen LogP contribution in [0.4, 0.5) is 5.69 Å². The molecule has 0 unspecified atom stereocenters. The molecule has 5 rings (SSSR count). The van der Waals surface area contributed by atoms with E-state index in [0.717, 1.165) is 37.1 Å². The molecule has 8 heteroatoms. The van der Waals surface area contributed by atoms with E-state index in [1.54, 1.807) is 11.0 Å². The van der Waals surface area contributed by atoms with Crippen molar-refractivity contribution in [3.8, 4) is 17.2 Å². The zero-order valence-electron chi connectivity index (χ0n) is 15.7. The summed E-state index contributed by atoms with van der Waals surface area (Å²) in [6.07, 6.45) is 5.68. The van der Waals surface area contributed by atoms with Crippen LogP contribution in [-0.2, 0) is 4.79 Å². The van der Waals surface area contributed by atoms with Crippen LogP contribution in [0.15, 0.2) is 60.0 Å². The lowest BCUT2D eigenvalue weighted by Crippen LogP contribution is -2.34. The van der Waals surface area contributed by atoms with Gasteiger partial charge in [0.2, 0.25) is 11.1 Å². The third-order valence-corrected chi connectivity index (χ3v) is 5.86. The van der Waals surface area contributed by atoms with Gasteiger partial charge >= 0.3 is 0 Å². The molecule has 7 nitrogen and oxygen atoms in total. The normalized spacial score (nSPS) is 16.3. The first-order valence-corrected chi connectivity index (χ1v) is 10.6. The molecule has 0 saturated heterocycles. The van der Waals surface area contributed by atoms with E-state index < -0.39 is 5.79 Å². The lowest BCUT2D eigenvalue weighted by atomic mass is 10.2. The number of carbonyl (C=O) groups is 1. The Morgan fingerprint density at radius 3 is 2.72 bits per heavy atom. The topological polar surface area (TPSA) is 78.3 Å². The van der Waals surface area contributed by atoms with Crippen molar-refractivity contribution in [1.82, 2.24) is 14.8 Å². The summed E-state index contributed by atoms with van der Waals surface area (Å²) in [7, 11) is 0. The van der Waals surface area contributed by atoms with Crippen molar-refractivity contribution in [2.75, 3.05) is 11.1 Å². The summed E-state index contributed by atoms with van der Waals surface area (Å²) in [6.45, 7) is 0. The Balaban J connectivity index is 1.18. The minimum absolute atomic E-state index is 0.125. The molecule has 1 saturated carbocycles. The van der Waals surface area contributed by atoms with Gasteiger partial charge in [0.15, 0.2) is 11.5 Å². The quantitative estimate of drug-likeness (QED) is 0.642. The SMILES string of the molecule is O=C(CSc1ncn(-c2ccccc2)n1)Nc1ccc2c(c1)OC1(CCCC1)O2. The first-order valence-electron chi connectivity index (χ1n) is 9.61. The highest BCUT2D eigenvalue weighted by Crippen LogP contribution is 2.47. The molecular weight excluding hydrogens is 388 g/mol. The number of benzene rings is 2. The summed E-state index contributed by atoms with van der Waals surface area (Å²) in [4.78, 5) is 16.6. The van der Waals surface area contributed by atoms with Gasteiger partial charge in [-0.25, -0.2) is 9.67 Å². The number of hydrogen-bond acceptors (Lipinski definition) is 6. The number of carbonyl (C=O) groups excluding carboxylic acids is 1. The van der Waals surface area contributed by atoms with Crippen LogP contribution in [0.5, 0.6) is 11.5 Å². The van der Waals surface area contributed by atoms with Gasteiger partial charge in [-0.1, -0.05) is 30.0 Å². The molecule has 1 fully saturated rings. The van der Waals surface area contributed by atoms with Crippen molar-refractivity contribution in [2.45, 2.75) is 36.6 Å². The number of para-hydroxylation sites is 1. The number of nitrogens with one attached hydrogen (secondary N) is 1. The van der Waals surface area contributed by atoms with E-state index in [2.05, 4.69) is 15.4 Å². The monoisotopic (exact) mass is 408 g/mol. The molecule has 0 bridgehead atoms. The number of aromatic nitrogens is 3. The summed E-state index contributed by atoms with van der Waals surface area (Å²) in [5.41, 5.74) is 1.62. The van der Waals surface area contributed by atoms with Crippen LogP contribution in [0.3, 0.4) is 0 Å². The Kier molecular flexibility index (Phi) is 4.63. The molecule has 3 aromatic rings.